The fraction of sp³-hybridized carbons (Fsp3) is 0.406. The summed E-state index contributed by atoms with van der Waals surface area (Å²) >= 11 is 0. The number of hydrogen-bond acceptors (Lipinski definition) is 9. The van der Waals surface area contributed by atoms with Crippen molar-refractivity contribution in [3.05, 3.63) is 87.8 Å². The van der Waals surface area contributed by atoms with Gasteiger partial charge in [-0.3, -0.25) is 18.6 Å². The van der Waals surface area contributed by atoms with Crippen molar-refractivity contribution in [1.29, 1.82) is 0 Å². The first-order valence-corrected chi connectivity index (χ1v) is 16.7. The van der Waals surface area contributed by atoms with Gasteiger partial charge in [0.25, 0.3) is 15.6 Å². The second-order valence-electron chi connectivity index (χ2n) is 11.9. The lowest BCUT2D eigenvalue weighted by molar-refractivity contribution is 0.0277. The minimum atomic E-state index is -3.95. The molecule has 11 nitrogen and oxygen atoms in total. The molecule has 2 aromatic carbocycles. The van der Waals surface area contributed by atoms with E-state index in [1.807, 2.05) is 55.6 Å². The maximum absolute atomic E-state index is 14.4. The standard InChI is InChI=1S/C32H37N7O4S/c1-37-15-6-5-9-27(37)25-17-23-19-34-32(35-24-12-10-21(11-13-24)28-20-33-14-16-43-28)36-30(23)39(31(25)40)29-18-22-7-3-4-8-26(22)38(2)44(29,41)42/h3-4,7-8,10-13,17,19,27-29,33H,5-6,9,14-16,18,20H2,1-2H3,(H,34,35,36). The number of nitrogens with zero attached hydrogens (tertiary/aromatic N) is 5. The number of nitrogens with one attached hydrogen (secondary N) is 2. The van der Waals surface area contributed by atoms with Gasteiger partial charge in [-0.25, -0.2) is 13.4 Å². The first-order chi connectivity index (χ1) is 21.3. The summed E-state index contributed by atoms with van der Waals surface area (Å²) in [4.78, 5) is 26.0. The molecule has 3 aliphatic rings. The molecule has 12 heteroatoms. The van der Waals surface area contributed by atoms with E-state index in [-0.39, 0.29) is 35.7 Å². The Morgan fingerprint density at radius 2 is 1.89 bits per heavy atom. The number of aromatic nitrogens is 3. The molecule has 0 radical (unpaired) electrons. The highest BCUT2D eigenvalue weighted by molar-refractivity contribution is 7.92. The van der Waals surface area contributed by atoms with E-state index in [0.717, 1.165) is 55.7 Å². The molecule has 7 rings (SSSR count). The molecule has 4 aromatic rings. The monoisotopic (exact) mass is 615 g/mol. The van der Waals surface area contributed by atoms with Crippen LogP contribution in [0.25, 0.3) is 11.0 Å². The maximum atomic E-state index is 14.4. The maximum Gasteiger partial charge on any atom is 0.258 e. The Morgan fingerprint density at radius 3 is 2.66 bits per heavy atom. The number of likely N-dealkylation sites (tertiary alicyclic amines) is 1. The molecule has 0 bridgehead atoms. The summed E-state index contributed by atoms with van der Waals surface area (Å²) in [5, 5.41) is 6.06. The number of sulfonamides is 1. The highest BCUT2D eigenvalue weighted by Crippen LogP contribution is 2.38. The van der Waals surface area contributed by atoms with E-state index in [1.54, 1.807) is 19.3 Å². The van der Waals surface area contributed by atoms with Crippen molar-refractivity contribution in [3.63, 3.8) is 0 Å². The van der Waals surface area contributed by atoms with Crippen LogP contribution in [0.3, 0.4) is 0 Å². The molecule has 3 aliphatic heterocycles. The van der Waals surface area contributed by atoms with E-state index in [9.17, 15) is 13.2 Å². The molecule has 2 N–H and O–H groups in total. The Bertz CT molecular complexity index is 1860. The van der Waals surface area contributed by atoms with Crippen molar-refractivity contribution < 1.29 is 13.2 Å². The van der Waals surface area contributed by atoms with Crippen LogP contribution in [0, 0.1) is 0 Å². The van der Waals surface area contributed by atoms with Crippen molar-refractivity contribution in [1.82, 2.24) is 24.8 Å². The number of rotatable bonds is 5. The van der Waals surface area contributed by atoms with E-state index in [0.29, 0.717) is 23.2 Å². The third-order valence-electron chi connectivity index (χ3n) is 9.14. The lowest BCUT2D eigenvalue weighted by atomic mass is 9.96. The number of benzene rings is 2. The minimum Gasteiger partial charge on any atom is -0.371 e. The Labute approximate surface area is 256 Å². The number of ether oxygens (including phenoxy) is 1. The molecule has 3 atom stereocenters. The smallest absolute Gasteiger partial charge is 0.258 e. The molecular weight excluding hydrogens is 578 g/mol. The van der Waals surface area contributed by atoms with Gasteiger partial charge in [0.2, 0.25) is 5.95 Å². The third kappa shape index (κ3) is 5.15. The molecule has 5 heterocycles. The van der Waals surface area contributed by atoms with Gasteiger partial charge in [0.1, 0.15) is 5.65 Å². The second kappa shape index (κ2) is 11.6. The van der Waals surface area contributed by atoms with Gasteiger partial charge in [0.05, 0.1) is 18.4 Å². The fourth-order valence-electron chi connectivity index (χ4n) is 6.69. The summed E-state index contributed by atoms with van der Waals surface area (Å²) in [7, 11) is -0.379. The molecule has 2 saturated heterocycles. The van der Waals surface area contributed by atoms with Gasteiger partial charge in [-0.1, -0.05) is 36.8 Å². The van der Waals surface area contributed by atoms with Gasteiger partial charge >= 0.3 is 0 Å². The molecule has 230 valence electrons. The van der Waals surface area contributed by atoms with Gasteiger partial charge in [-0.05, 0) is 61.8 Å². The number of morpholine rings is 1. The molecule has 2 fully saturated rings. The van der Waals surface area contributed by atoms with Crippen LogP contribution in [0.1, 0.15) is 53.5 Å². The molecule has 0 aliphatic carbocycles. The zero-order chi connectivity index (χ0) is 30.4. The number of piperidine rings is 1. The Hall–Kier alpha value is -3.84. The van der Waals surface area contributed by atoms with Crippen molar-refractivity contribution in [3.8, 4) is 0 Å². The SMILES string of the molecule is CN1CCCCC1c1cc2cnc(Nc3ccc(C4CNCCO4)cc3)nc2n(C2Cc3ccccc3N(C)S2(=O)=O)c1=O. The number of pyridine rings is 1. The van der Waals surface area contributed by atoms with Crippen LogP contribution >= 0.6 is 0 Å². The predicted molar refractivity (Wildman–Crippen MR) is 171 cm³/mol. The van der Waals surface area contributed by atoms with Crippen molar-refractivity contribution in [2.45, 2.75) is 43.2 Å². The van der Waals surface area contributed by atoms with Crippen molar-refractivity contribution in [2.24, 2.45) is 0 Å². The summed E-state index contributed by atoms with van der Waals surface area (Å²) in [5.41, 5.74) is 3.87. The fourth-order valence-corrected chi connectivity index (χ4v) is 8.36. The summed E-state index contributed by atoms with van der Waals surface area (Å²) < 4.78 is 36.6. The number of fused-ring (bicyclic) bond motifs is 2. The number of anilines is 3. The molecule has 0 saturated carbocycles. The zero-order valence-corrected chi connectivity index (χ0v) is 25.8. The van der Waals surface area contributed by atoms with Crippen LogP contribution in [-0.4, -0.2) is 68.2 Å². The molecule has 2 aromatic heterocycles. The Kier molecular flexibility index (Phi) is 7.61. The van der Waals surface area contributed by atoms with Crippen LogP contribution in [0.15, 0.2) is 65.6 Å². The van der Waals surface area contributed by atoms with Gasteiger partial charge in [-0.15, -0.1) is 0 Å². The quantitative estimate of drug-likeness (QED) is 0.345. The van der Waals surface area contributed by atoms with E-state index in [2.05, 4.69) is 20.5 Å². The summed E-state index contributed by atoms with van der Waals surface area (Å²) in [6.07, 6.45) is 4.74. The van der Waals surface area contributed by atoms with Crippen LogP contribution in [0.2, 0.25) is 0 Å². The van der Waals surface area contributed by atoms with Crippen LogP contribution in [-0.2, 0) is 21.2 Å². The van der Waals surface area contributed by atoms with E-state index < -0.39 is 15.4 Å². The van der Waals surface area contributed by atoms with E-state index in [4.69, 9.17) is 9.72 Å². The largest absolute Gasteiger partial charge is 0.371 e. The predicted octanol–water partition coefficient (Wildman–Crippen LogP) is 3.87. The zero-order valence-electron chi connectivity index (χ0n) is 24.9. The lowest BCUT2D eigenvalue weighted by Crippen LogP contribution is -2.44. The molecule has 0 amide bonds. The highest BCUT2D eigenvalue weighted by Gasteiger charge is 2.40. The highest BCUT2D eigenvalue weighted by atomic mass is 32.2. The van der Waals surface area contributed by atoms with Crippen molar-refractivity contribution >= 4 is 38.4 Å². The topological polar surface area (TPSA) is 122 Å². The second-order valence-corrected chi connectivity index (χ2v) is 14.0. The minimum absolute atomic E-state index is 0.00209. The summed E-state index contributed by atoms with van der Waals surface area (Å²) in [6.45, 7) is 3.17. The first-order valence-electron chi connectivity index (χ1n) is 15.2. The summed E-state index contributed by atoms with van der Waals surface area (Å²) in [5.74, 6) is 0.276. The van der Waals surface area contributed by atoms with Crippen LogP contribution in [0.4, 0.5) is 17.3 Å². The first kappa shape index (κ1) is 28.9. The average Bonchev–Trinajstić information content (AvgIpc) is 3.04. The van der Waals surface area contributed by atoms with Crippen molar-refractivity contribution in [2.75, 3.05) is 50.0 Å². The summed E-state index contributed by atoms with van der Waals surface area (Å²) in [6, 6.07) is 17.1. The molecule has 44 heavy (non-hydrogen) atoms. The van der Waals surface area contributed by atoms with Gasteiger partial charge in [0.15, 0.2) is 5.37 Å². The van der Waals surface area contributed by atoms with Crippen LogP contribution in [0.5, 0.6) is 0 Å². The van der Waals surface area contributed by atoms with Gasteiger partial charge < -0.3 is 15.4 Å². The lowest BCUT2D eigenvalue weighted by Gasteiger charge is -2.36. The normalized spacial score (nSPS) is 23.8. The van der Waals surface area contributed by atoms with E-state index in [1.165, 1.54) is 8.87 Å². The molecular formula is C32H37N7O4S. The number of hydrogen-bond donors (Lipinski definition) is 2. The van der Waals surface area contributed by atoms with Crippen LogP contribution < -0.4 is 20.5 Å². The Balaban J connectivity index is 1.32. The molecule has 0 spiro atoms. The third-order valence-corrected chi connectivity index (χ3v) is 11.2. The average molecular weight is 616 g/mol. The molecule has 3 unspecified atom stereocenters. The Morgan fingerprint density at radius 1 is 1.07 bits per heavy atom. The van der Waals surface area contributed by atoms with Gasteiger partial charge in [-0.2, -0.15) is 4.98 Å². The number of para-hydroxylation sites is 1. The van der Waals surface area contributed by atoms with E-state index >= 15 is 0 Å². The van der Waals surface area contributed by atoms with Gasteiger partial charge in [0, 0.05) is 55.4 Å².